The van der Waals surface area contributed by atoms with E-state index in [0.29, 0.717) is 35.7 Å². The van der Waals surface area contributed by atoms with E-state index in [1.54, 1.807) is 24.3 Å². The number of benzene rings is 3. The van der Waals surface area contributed by atoms with Gasteiger partial charge in [-0.3, -0.25) is 4.99 Å². The van der Waals surface area contributed by atoms with Crippen molar-refractivity contribution in [2.75, 3.05) is 0 Å². The van der Waals surface area contributed by atoms with E-state index >= 15 is 0 Å². The maximum Gasteiger partial charge on any atom is 0.161 e. The number of fused-ring (bicyclic) bond motifs is 1. The van der Waals surface area contributed by atoms with Crippen LogP contribution in [0.25, 0.3) is 11.1 Å². The molecular weight excluding hydrogens is 389 g/mol. The molecule has 0 amide bonds. The van der Waals surface area contributed by atoms with Crippen molar-refractivity contribution >= 4 is 5.84 Å². The Hall–Kier alpha value is -3.28. The average Bonchev–Trinajstić information content (AvgIpc) is 2.73. The van der Waals surface area contributed by atoms with E-state index in [0.717, 1.165) is 17.2 Å². The van der Waals surface area contributed by atoms with Gasteiger partial charge in [0.1, 0.15) is 24.0 Å². The summed E-state index contributed by atoms with van der Waals surface area (Å²) in [7, 11) is 0. The second-order valence-electron chi connectivity index (χ2n) is 7.52. The number of ether oxygens (including phenoxy) is 1. The molecule has 1 aliphatic heterocycles. The minimum Gasteiger partial charge on any atom is -0.489 e. The number of hydrogen-bond donors (Lipinski definition) is 1. The van der Waals surface area contributed by atoms with E-state index in [1.807, 2.05) is 19.1 Å². The van der Waals surface area contributed by atoms with Gasteiger partial charge in [-0.1, -0.05) is 31.2 Å². The second-order valence-corrected chi connectivity index (χ2v) is 7.52. The molecule has 1 heterocycles. The first kappa shape index (κ1) is 20.0. The fourth-order valence-electron chi connectivity index (χ4n) is 3.61. The molecule has 2 atom stereocenters. The number of amidine groups is 1. The first-order chi connectivity index (χ1) is 14.3. The molecule has 0 aliphatic carbocycles. The van der Waals surface area contributed by atoms with E-state index in [4.69, 9.17) is 10.5 Å². The maximum atomic E-state index is 13.9. The Morgan fingerprint density at radius 1 is 0.867 bits per heavy atom. The van der Waals surface area contributed by atoms with Crippen LogP contribution in [0.2, 0.25) is 0 Å². The van der Waals surface area contributed by atoms with Gasteiger partial charge in [0.25, 0.3) is 0 Å². The molecule has 154 valence electrons. The normalized spacial score (nSPS) is 18.0. The van der Waals surface area contributed by atoms with Crippen LogP contribution in [0.5, 0.6) is 5.75 Å². The summed E-state index contributed by atoms with van der Waals surface area (Å²) in [4.78, 5) is 4.49. The lowest BCUT2D eigenvalue weighted by atomic mass is 9.87. The number of aliphatic imine (C=N–C) groups is 1. The zero-order chi connectivity index (χ0) is 21.4. The third kappa shape index (κ3) is 3.77. The SMILES string of the molecule is CC1N=C(N)c2cc(COc3ccc(-c4cc(F)c(F)cc4F)cc3)ccc2C1C. The summed E-state index contributed by atoms with van der Waals surface area (Å²) in [6, 6.07) is 14.1. The average molecular weight is 410 g/mol. The molecule has 0 saturated carbocycles. The van der Waals surface area contributed by atoms with Crippen molar-refractivity contribution in [1.29, 1.82) is 0 Å². The van der Waals surface area contributed by atoms with Gasteiger partial charge in [0.15, 0.2) is 11.6 Å². The molecule has 1 aliphatic rings. The largest absolute Gasteiger partial charge is 0.489 e. The van der Waals surface area contributed by atoms with Gasteiger partial charge in [0.05, 0.1) is 6.04 Å². The zero-order valence-corrected chi connectivity index (χ0v) is 16.6. The van der Waals surface area contributed by atoms with E-state index in [-0.39, 0.29) is 11.6 Å². The Labute approximate surface area is 173 Å². The van der Waals surface area contributed by atoms with Crippen molar-refractivity contribution < 1.29 is 17.9 Å². The van der Waals surface area contributed by atoms with Crippen LogP contribution < -0.4 is 10.5 Å². The van der Waals surface area contributed by atoms with Crippen LogP contribution in [0.3, 0.4) is 0 Å². The first-order valence-electron chi connectivity index (χ1n) is 9.67. The number of hydrogen-bond acceptors (Lipinski definition) is 3. The van der Waals surface area contributed by atoms with Crippen molar-refractivity contribution in [3.05, 3.63) is 88.7 Å². The first-order valence-corrected chi connectivity index (χ1v) is 9.67. The topological polar surface area (TPSA) is 47.6 Å². The van der Waals surface area contributed by atoms with Crippen LogP contribution in [0, 0.1) is 17.5 Å². The molecule has 3 nitrogen and oxygen atoms in total. The van der Waals surface area contributed by atoms with Crippen LogP contribution in [-0.4, -0.2) is 11.9 Å². The standard InChI is InChI=1S/C24H21F3N2O/c1-13-14(2)29-24(28)20-9-15(3-8-18(13)20)12-30-17-6-4-16(5-7-17)19-10-22(26)23(27)11-21(19)25/h3-11,13-14H,12H2,1-2H3,(H2,28,29). The predicted octanol–water partition coefficient (Wildman–Crippen LogP) is 5.56. The second kappa shape index (κ2) is 7.86. The monoisotopic (exact) mass is 410 g/mol. The predicted molar refractivity (Wildman–Crippen MR) is 111 cm³/mol. The molecule has 0 saturated heterocycles. The summed E-state index contributed by atoms with van der Waals surface area (Å²) in [5, 5.41) is 0. The molecule has 2 N–H and O–H groups in total. The van der Waals surface area contributed by atoms with Gasteiger partial charge in [0, 0.05) is 23.1 Å². The molecular formula is C24H21F3N2O. The molecule has 0 spiro atoms. The lowest BCUT2D eigenvalue weighted by Crippen LogP contribution is -2.27. The number of rotatable bonds is 4. The van der Waals surface area contributed by atoms with Gasteiger partial charge < -0.3 is 10.5 Å². The third-order valence-electron chi connectivity index (χ3n) is 5.53. The Morgan fingerprint density at radius 3 is 2.30 bits per heavy atom. The van der Waals surface area contributed by atoms with E-state index in [1.165, 1.54) is 5.56 Å². The summed E-state index contributed by atoms with van der Waals surface area (Å²) in [5.74, 6) is -1.72. The highest BCUT2D eigenvalue weighted by Crippen LogP contribution is 2.31. The summed E-state index contributed by atoms with van der Waals surface area (Å²) in [6.07, 6.45) is 0. The van der Waals surface area contributed by atoms with Crippen molar-refractivity contribution in [3.8, 4) is 16.9 Å². The molecule has 6 heteroatoms. The van der Waals surface area contributed by atoms with Crippen molar-refractivity contribution in [3.63, 3.8) is 0 Å². The van der Waals surface area contributed by atoms with Crippen molar-refractivity contribution in [2.45, 2.75) is 32.4 Å². The molecule has 2 unspecified atom stereocenters. The smallest absolute Gasteiger partial charge is 0.161 e. The van der Waals surface area contributed by atoms with Gasteiger partial charge in [-0.25, -0.2) is 13.2 Å². The van der Waals surface area contributed by atoms with Gasteiger partial charge >= 0.3 is 0 Å². The lowest BCUT2D eigenvalue weighted by Gasteiger charge is -2.26. The fourth-order valence-corrected chi connectivity index (χ4v) is 3.61. The molecule has 0 fully saturated rings. The summed E-state index contributed by atoms with van der Waals surface area (Å²) in [6.45, 7) is 4.50. The van der Waals surface area contributed by atoms with E-state index in [9.17, 15) is 13.2 Å². The highest BCUT2D eigenvalue weighted by atomic mass is 19.2. The molecule has 30 heavy (non-hydrogen) atoms. The number of nitrogens with two attached hydrogens (primary N) is 1. The van der Waals surface area contributed by atoms with Gasteiger partial charge in [0.2, 0.25) is 0 Å². The Bertz CT molecular complexity index is 1130. The molecule has 3 aromatic carbocycles. The van der Waals surface area contributed by atoms with Crippen molar-refractivity contribution in [2.24, 2.45) is 10.7 Å². The molecule has 0 radical (unpaired) electrons. The molecule has 4 rings (SSSR count). The maximum absolute atomic E-state index is 13.9. The highest BCUT2D eigenvalue weighted by molar-refractivity contribution is 6.00. The minimum absolute atomic E-state index is 0.00625. The summed E-state index contributed by atoms with van der Waals surface area (Å²) >= 11 is 0. The number of nitrogens with zero attached hydrogens (tertiary/aromatic N) is 1. The molecule has 0 aromatic heterocycles. The minimum atomic E-state index is -1.21. The van der Waals surface area contributed by atoms with Crippen LogP contribution in [0.15, 0.2) is 59.6 Å². The van der Waals surface area contributed by atoms with E-state index < -0.39 is 17.5 Å². The number of halogens is 3. The lowest BCUT2D eigenvalue weighted by molar-refractivity contribution is 0.306. The zero-order valence-electron chi connectivity index (χ0n) is 16.6. The Kier molecular flexibility index (Phi) is 5.24. The molecule has 0 bridgehead atoms. The molecule has 3 aromatic rings. The van der Waals surface area contributed by atoms with Crippen LogP contribution >= 0.6 is 0 Å². The summed E-state index contributed by atoms with van der Waals surface area (Å²) < 4.78 is 46.3. The Balaban J connectivity index is 1.49. The Morgan fingerprint density at radius 2 is 1.57 bits per heavy atom. The van der Waals surface area contributed by atoms with Gasteiger partial charge in [-0.05, 0) is 47.9 Å². The van der Waals surface area contributed by atoms with Crippen molar-refractivity contribution in [1.82, 2.24) is 0 Å². The summed E-state index contributed by atoms with van der Waals surface area (Å²) in [5.41, 5.74) is 9.59. The quantitative estimate of drug-likeness (QED) is 0.573. The van der Waals surface area contributed by atoms with Gasteiger partial charge in [-0.15, -0.1) is 0 Å². The van der Waals surface area contributed by atoms with E-state index in [2.05, 4.69) is 18.0 Å². The van der Waals surface area contributed by atoms with Crippen LogP contribution in [0.4, 0.5) is 13.2 Å². The third-order valence-corrected chi connectivity index (χ3v) is 5.53. The van der Waals surface area contributed by atoms with Gasteiger partial charge in [-0.2, -0.15) is 0 Å². The fraction of sp³-hybridized carbons (Fsp3) is 0.208. The highest BCUT2D eigenvalue weighted by Gasteiger charge is 2.23. The van der Waals surface area contributed by atoms with Crippen LogP contribution in [0.1, 0.15) is 36.5 Å². The van der Waals surface area contributed by atoms with Crippen LogP contribution in [-0.2, 0) is 6.61 Å².